The van der Waals surface area contributed by atoms with E-state index in [4.69, 9.17) is 11.6 Å². The third kappa shape index (κ3) is 4.20. The van der Waals surface area contributed by atoms with Gasteiger partial charge in [0.05, 0.1) is 0 Å². The monoisotopic (exact) mass is 368 g/mol. The molecule has 5 heteroatoms. The summed E-state index contributed by atoms with van der Waals surface area (Å²) in [4.78, 5) is 31.4. The van der Waals surface area contributed by atoms with E-state index in [0.717, 1.165) is 28.6 Å². The Labute approximate surface area is 157 Å². The van der Waals surface area contributed by atoms with E-state index in [1.54, 1.807) is 6.92 Å². The lowest BCUT2D eigenvalue weighted by atomic mass is 9.95. The minimum atomic E-state index is -0.155. The Hall–Kier alpha value is -2.46. The van der Waals surface area contributed by atoms with Crippen molar-refractivity contribution in [3.63, 3.8) is 0 Å². The maximum Gasteiger partial charge on any atom is 0.253 e. The largest absolute Gasteiger partial charge is 0.306 e. The number of Topliss-reactive ketones (excluding diaryl/α,β-unsaturated/α-hetero) is 1. The van der Waals surface area contributed by atoms with Gasteiger partial charge in [-0.25, -0.2) is 4.98 Å². The molecule has 0 fully saturated rings. The van der Waals surface area contributed by atoms with E-state index in [-0.39, 0.29) is 11.3 Å². The van der Waals surface area contributed by atoms with Crippen molar-refractivity contribution in [2.24, 2.45) is 0 Å². The summed E-state index contributed by atoms with van der Waals surface area (Å²) in [6, 6.07) is 11.7. The molecule has 0 aliphatic rings. The Kier molecular flexibility index (Phi) is 5.52. The second kappa shape index (κ2) is 7.83. The highest BCUT2D eigenvalue weighted by atomic mass is 35.5. The van der Waals surface area contributed by atoms with Crippen LogP contribution in [0.25, 0.3) is 11.0 Å². The third-order valence-corrected chi connectivity index (χ3v) is 4.74. The standard InChI is InChI=1S/C21H21ClN2O2/c1-13-6-9-18-17(11-8-15-4-3-5-16(22)12-15)19(10-7-14(2)25)21(26)24-20(18)23-13/h3-6,9,12H,7-8,10-11H2,1-2H3,(H,23,24,26). The molecule has 0 saturated carbocycles. The second-order valence-electron chi connectivity index (χ2n) is 6.59. The summed E-state index contributed by atoms with van der Waals surface area (Å²) in [5.41, 5.74) is 4.06. The molecule has 0 saturated heterocycles. The topological polar surface area (TPSA) is 62.8 Å². The Morgan fingerprint density at radius 2 is 1.92 bits per heavy atom. The molecule has 1 N–H and O–H groups in total. The number of nitrogens with zero attached hydrogens (tertiary/aromatic N) is 1. The number of fused-ring (bicyclic) bond motifs is 1. The molecule has 0 amide bonds. The molecule has 0 aliphatic heterocycles. The number of benzene rings is 1. The molecule has 2 heterocycles. The van der Waals surface area contributed by atoms with Crippen molar-refractivity contribution >= 4 is 28.4 Å². The summed E-state index contributed by atoms with van der Waals surface area (Å²) in [7, 11) is 0. The number of hydrogen-bond donors (Lipinski definition) is 1. The van der Waals surface area contributed by atoms with Gasteiger partial charge in [-0.1, -0.05) is 23.7 Å². The number of halogens is 1. The van der Waals surface area contributed by atoms with Gasteiger partial charge in [0.15, 0.2) is 0 Å². The van der Waals surface area contributed by atoms with Crippen LogP contribution in [-0.4, -0.2) is 15.8 Å². The Bertz CT molecular complexity index is 1020. The van der Waals surface area contributed by atoms with Gasteiger partial charge in [0, 0.05) is 28.1 Å². The number of rotatable bonds is 6. The second-order valence-corrected chi connectivity index (χ2v) is 7.03. The number of H-pyrrole nitrogens is 1. The van der Waals surface area contributed by atoms with Gasteiger partial charge in [0.2, 0.25) is 0 Å². The summed E-state index contributed by atoms with van der Waals surface area (Å²) < 4.78 is 0. The van der Waals surface area contributed by atoms with Crippen LogP contribution in [-0.2, 0) is 24.1 Å². The van der Waals surface area contributed by atoms with Crippen LogP contribution in [0.2, 0.25) is 5.02 Å². The highest BCUT2D eigenvalue weighted by molar-refractivity contribution is 6.30. The fourth-order valence-electron chi connectivity index (χ4n) is 3.19. The number of nitrogens with one attached hydrogen (secondary N) is 1. The molecule has 4 nitrogen and oxygen atoms in total. The summed E-state index contributed by atoms with van der Waals surface area (Å²) >= 11 is 6.08. The summed E-state index contributed by atoms with van der Waals surface area (Å²) in [5, 5.41) is 1.64. The lowest BCUT2D eigenvalue weighted by Gasteiger charge is -2.12. The summed E-state index contributed by atoms with van der Waals surface area (Å²) in [6.07, 6.45) is 2.26. The van der Waals surface area contributed by atoms with Gasteiger partial charge in [-0.2, -0.15) is 0 Å². The van der Waals surface area contributed by atoms with E-state index in [1.165, 1.54) is 0 Å². The molecule has 134 valence electrons. The zero-order chi connectivity index (χ0) is 18.7. The molecule has 0 radical (unpaired) electrons. The van der Waals surface area contributed by atoms with Gasteiger partial charge in [-0.05, 0) is 68.5 Å². The van der Waals surface area contributed by atoms with Crippen molar-refractivity contribution in [3.05, 3.63) is 74.2 Å². The zero-order valence-electron chi connectivity index (χ0n) is 14.9. The van der Waals surface area contributed by atoms with E-state index in [2.05, 4.69) is 9.97 Å². The van der Waals surface area contributed by atoms with Crippen molar-refractivity contribution in [1.29, 1.82) is 0 Å². The van der Waals surface area contributed by atoms with Crippen LogP contribution >= 0.6 is 11.6 Å². The Balaban J connectivity index is 2.04. The molecule has 0 unspecified atom stereocenters. The van der Waals surface area contributed by atoms with E-state index in [9.17, 15) is 9.59 Å². The molecule has 2 aromatic heterocycles. The summed E-state index contributed by atoms with van der Waals surface area (Å²) in [6.45, 7) is 3.44. The molecule has 26 heavy (non-hydrogen) atoms. The quantitative estimate of drug-likeness (QED) is 0.709. The molecule has 3 rings (SSSR count). The summed E-state index contributed by atoms with van der Waals surface area (Å²) in [5.74, 6) is 0.0762. The molecule has 0 bridgehead atoms. The molecule has 3 aromatic rings. The maximum atomic E-state index is 12.6. The van der Waals surface area contributed by atoms with Crippen molar-refractivity contribution in [2.45, 2.75) is 39.5 Å². The Morgan fingerprint density at radius 1 is 1.12 bits per heavy atom. The van der Waals surface area contributed by atoms with Gasteiger partial charge < -0.3 is 9.78 Å². The highest BCUT2D eigenvalue weighted by Gasteiger charge is 2.14. The van der Waals surface area contributed by atoms with Crippen LogP contribution in [0.3, 0.4) is 0 Å². The first kappa shape index (κ1) is 18.3. The normalized spacial score (nSPS) is 11.0. The van der Waals surface area contributed by atoms with Gasteiger partial charge in [-0.15, -0.1) is 0 Å². The van der Waals surface area contributed by atoms with Crippen LogP contribution in [0.5, 0.6) is 0 Å². The van der Waals surface area contributed by atoms with Crippen molar-refractivity contribution in [1.82, 2.24) is 9.97 Å². The van der Waals surface area contributed by atoms with Crippen molar-refractivity contribution in [2.75, 3.05) is 0 Å². The fourth-order valence-corrected chi connectivity index (χ4v) is 3.40. The molecular formula is C21H21ClN2O2. The first-order valence-electron chi connectivity index (χ1n) is 8.69. The van der Waals surface area contributed by atoms with Gasteiger partial charge in [-0.3, -0.25) is 4.79 Å². The lowest BCUT2D eigenvalue weighted by molar-refractivity contribution is -0.116. The number of pyridine rings is 2. The number of aromatic amines is 1. The SMILES string of the molecule is CC(=O)CCc1c(CCc2cccc(Cl)c2)c2ccc(C)nc2[nH]c1=O. The number of aromatic nitrogens is 2. The van der Waals surface area contributed by atoms with Crippen molar-refractivity contribution in [3.8, 4) is 0 Å². The number of carbonyl (C=O) groups is 1. The minimum Gasteiger partial charge on any atom is -0.306 e. The maximum absolute atomic E-state index is 12.6. The first-order chi connectivity index (χ1) is 12.4. The average molecular weight is 369 g/mol. The van der Waals surface area contributed by atoms with Crippen LogP contribution < -0.4 is 5.56 Å². The van der Waals surface area contributed by atoms with E-state index in [0.29, 0.717) is 35.5 Å². The molecular weight excluding hydrogens is 348 g/mol. The van der Waals surface area contributed by atoms with E-state index >= 15 is 0 Å². The molecule has 1 aromatic carbocycles. The van der Waals surface area contributed by atoms with Crippen LogP contribution in [0.4, 0.5) is 0 Å². The van der Waals surface area contributed by atoms with Crippen LogP contribution in [0.1, 0.15) is 35.7 Å². The number of hydrogen-bond acceptors (Lipinski definition) is 3. The Morgan fingerprint density at radius 3 is 2.65 bits per heavy atom. The number of aryl methyl sites for hydroxylation is 3. The smallest absolute Gasteiger partial charge is 0.253 e. The predicted octanol–water partition coefficient (Wildman–Crippen LogP) is 4.19. The van der Waals surface area contributed by atoms with Crippen LogP contribution in [0.15, 0.2) is 41.2 Å². The number of carbonyl (C=O) groups excluding carboxylic acids is 1. The number of ketones is 1. The van der Waals surface area contributed by atoms with Gasteiger partial charge >= 0.3 is 0 Å². The van der Waals surface area contributed by atoms with Gasteiger partial charge in [0.25, 0.3) is 5.56 Å². The highest BCUT2D eigenvalue weighted by Crippen LogP contribution is 2.22. The zero-order valence-corrected chi connectivity index (χ0v) is 15.7. The minimum absolute atomic E-state index is 0.0762. The van der Waals surface area contributed by atoms with E-state index in [1.807, 2.05) is 43.3 Å². The first-order valence-corrected chi connectivity index (χ1v) is 9.07. The fraction of sp³-hybridized carbons (Fsp3) is 0.286. The van der Waals surface area contributed by atoms with Gasteiger partial charge in [0.1, 0.15) is 11.4 Å². The van der Waals surface area contributed by atoms with E-state index < -0.39 is 0 Å². The average Bonchev–Trinajstić information content (AvgIpc) is 2.58. The molecule has 0 spiro atoms. The molecule has 0 atom stereocenters. The van der Waals surface area contributed by atoms with Crippen molar-refractivity contribution < 1.29 is 4.79 Å². The third-order valence-electron chi connectivity index (χ3n) is 4.51. The predicted molar refractivity (Wildman–Crippen MR) is 105 cm³/mol. The lowest BCUT2D eigenvalue weighted by Crippen LogP contribution is -2.18. The molecule has 0 aliphatic carbocycles. The van der Waals surface area contributed by atoms with Crippen LogP contribution in [0, 0.1) is 6.92 Å².